The van der Waals surface area contributed by atoms with Gasteiger partial charge in [0.15, 0.2) is 0 Å². The van der Waals surface area contributed by atoms with Crippen molar-refractivity contribution in [3.63, 3.8) is 0 Å². The molecule has 3 rings (SSSR count). The molecule has 5 heteroatoms. The van der Waals surface area contributed by atoms with Gasteiger partial charge in [-0.05, 0) is 39.3 Å². The predicted octanol–water partition coefficient (Wildman–Crippen LogP) is 4.35. The normalized spacial score (nSPS) is 18.1. The SMILES string of the molecule is CCC1CN(Cc2c(C)nn(CC)c2C)Cc2ccc(Cl)cc2O1. The van der Waals surface area contributed by atoms with E-state index in [-0.39, 0.29) is 6.10 Å². The minimum atomic E-state index is 0.187. The number of rotatable bonds is 4. The first-order valence-electron chi connectivity index (χ1n) is 8.72. The molecule has 0 saturated carbocycles. The maximum absolute atomic E-state index is 6.19. The van der Waals surface area contributed by atoms with Crippen molar-refractivity contribution in [2.75, 3.05) is 6.54 Å². The molecule has 24 heavy (non-hydrogen) atoms. The topological polar surface area (TPSA) is 30.3 Å². The summed E-state index contributed by atoms with van der Waals surface area (Å²) in [5.41, 5.74) is 4.94. The van der Waals surface area contributed by atoms with E-state index in [4.69, 9.17) is 16.3 Å². The summed E-state index contributed by atoms with van der Waals surface area (Å²) >= 11 is 6.14. The van der Waals surface area contributed by atoms with E-state index in [0.29, 0.717) is 0 Å². The fraction of sp³-hybridized carbons (Fsp3) is 0.526. The Morgan fingerprint density at radius 1 is 1.29 bits per heavy atom. The highest BCUT2D eigenvalue weighted by Crippen LogP contribution is 2.30. The van der Waals surface area contributed by atoms with E-state index in [1.165, 1.54) is 16.8 Å². The standard InChI is InChI=1S/C19H26ClN3O/c1-5-17-11-22(10-15-7-8-16(20)9-19(15)24-17)12-18-13(3)21-23(6-2)14(18)4/h7-9,17H,5-6,10-12H2,1-4H3. The van der Waals surface area contributed by atoms with Crippen molar-refractivity contribution < 1.29 is 4.74 Å². The first kappa shape index (κ1) is 17.3. The zero-order valence-corrected chi connectivity index (χ0v) is 15.7. The number of fused-ring (bicyclic) bond motifs is 1. The predicted molar refractivity (Wildman–Crippen MR) is 97.6 cm³/mol. The largest absolute Gasteiger partial charge is 0.489 e. The lowest BCUT2D eigenvalue weighted by molar-refractivity contribution is 0.139. The van der Waals surface area contributed by atoms with Crippen LogP contribution in [0.2, 0.25) is 5.02 Å². The number of aromatic nitrogens is 2. The maximum atomic E-state index is 6.19. The van der Waals surface area contributed by atoms with Crippen LogP contribution in [0.5, 0.6) is 5.75 Å². The van der Waals surface area contributed by atoms with Gasteiger partial charge in [-0.3, -0.25) is 9.58 Å². The molecule has 0 saturated heterocycles. The Morgan fingerprint density at radius 3 is 2.75 bits per heavy atom. The summed E-state index contributed by atoms with van der Waals surface area (Å²) in [6.07, 6.45) is 1.17. The number of aryl methyl sites for hydroxylation is 2. The molecule has 4 nitrogen and oxygen atoms in total. The van der Waals surface area contributed by atoms with Crippen LogP contribution in [0.4, 0.5) is 0 Å². The lowest BCUT2D eigenvalue weighted by atomic mass is 10.1. The molecule has 1 aromatic carbocycles. The summed E-state index contributed by atoms with van der Waals surface area (Å²) in [5, 5.41) is 5.38. The van der Waals surface area contributed by atoms with Crippen LogP contribution in [0, 0.1) is 13.8 Å². The van der Waals surface area contributed by atoms with Gasteiger partial charge in [-0.15, -0.1) is 0 Å². The molecule has 2 heterocycles. The smallest absolute Gasteiger partial charge is 0.125 e. The van der Waals surface area contributed by atoms with E-state index in [9.17, 15) is 0 Å². The molecule has 130 valence electrons. The molecule has 1 aliphatic heterocycles. The molecule has 2 aromatic rings. The number of benzene rings is 1. The van der Waals surface area contributed by atoms with Crippen molar-refractivity contribution in [1.82, 2.24) is 14.7 Å². The molecule has 0 bridgehead atoms. The van der Waals surface area contributed by atoms with Gasteiger partial charge < -0.3 is 4.74 Å². The Morgan fingerprint density at radius 2 is 2.08 bits per heavy atom. The minimum Gasteiger partial charge on any atom is -0.489 e. The molecule has 0 aliphatic carbocycles. The van der Waals surface area contributed by atoms with Crippen molar-refractivity contribution in [3.05, 3.63) is 45.7 Å². The fourth-order valence-corrected chi connectivity index (χ4v) is 3.57. The molecule has 1 aromatic heterocycles. The van der Waals surface area contributed by atoms with Crippen molar-refractivity contribution in [1.29, 1.82) is 0 Å². The molecule has 1 atom stereocenters. The maximum Gasteiger partial charge on any atom is 0.125 e. The summed E-state index contributed by atoms with van der Waals surface area (Å²) in [6, 6.07) is 5.96. The monoisotopic (exact) mass is 347 g/mol. The summed E-state index contributed by atoms with van der Waals surface area (Å²) < 4.78 is 8.28. The molecule has 0 spiro atoms. The second kappa shape index (κ2) is 7.16. The minimum absolute atomic E-state index is 0.187. The van der Waals surface area contributed by atoms with Gasteiger partial charge >= 0.3 is 0 Å². The summed E-state index contributed by atoms with van der Waals surface area (Å²) in [4.78, 5) is 2.46. The van der Waals surface area contributed by atoms with Gasteiger partial charge in [0.2, 0.25) is 0 Å². The molecule has 0 N–H and O–H groups in total. The van der Waals surface area contributed by atoms with E-state index in [1.807, 2.05) is 12.1 Å². The Bertz CT molecular complexity index is 726. The van der Waals surface area contributed by atoms with E-state index in [0.717, 1.165) is 49.1 Å². The molecule has 1 aliphatic rings. The van der Waals surface area contributed by atoms with Crippen LogP contribution in [-0.4, -0.2) is 27.3 Å². The van der Waals surface area contributed by atoms with Crippen LogP contribution in [0.1, 0.15) is 42.8 Å². The van der Waals surface area contributed by atoms with Gasteiger partial charge in [-0.2, -0.15) is 5.10 Å². The Hall–Kier alpha value is -1.52. The van der Waals surface area contributed by atoms with E-state index in [1.54, 1.807) is 0 Å². The zero-order chi connectivity index (χ0) is 17.3. The van der Waals surface area contributed by atoms with Crippen molar-refractivity contribution in [3.8, 4) is 5.75 Å². The molecular weight excluding hydrogens is 322 g/mol. The second-order valence-electron chi connectivity index (χ2n) is 6.53. The molecular formula is C19H26ClN3O. The highest BCUT2D eigenvalue weighted by atomic mass is 35.5. The number of hydrogen-bond donors (Lipinski definition) is 0. The molecule has 1 unspecified atom stereocenters. The van der Waals surface area contributed by atoms with Gasteiger partial charge in [0.25, 0.3) is 0 Å². The third-order valence-corrected chi connectivity index (χ3v) is 5.08. The average Bonchev–Trinajstić information content (AvgIpc) is 2.73. The second-order valence-corrected chi connectivity index (χ2v) is 6.97. The molecule has 0 fully saturated rings. The first-order valence-corrected chi connectivity index (χ1v) is 9.09. The fourth-order valence-electron chi connectivity index (χ4n) is 3.41. The quantitative estimate of drug-likeness (QED) is 0.823. The summed E-state index contributed by atoms with van der Waals surface area (Å²) in [7, 11) is 0. The van der Waals surface area contributed by atoms with Crippen LogP contribution >= 0.6 is 11.6 Å². The third kappa shape index (κ3) is 3.45. The van der Waals surface area contributed by atoms with Gasteiger partial charge in [0.1, 0.15) is 11.9 Å². The lowest BCUT2D eigenvalue weighted by Crippen LogP contribution is -2.32. The van der Waals surface area contributed by atoms with Crippen molar-refractivity contribution in [2.45, 2.75) is 59.9 Å². The average molecular weight is 348 g/mol. The lowest BCUT2D eigenvalue weighted by Gasteiger charge is -2.23. The van der Waals surface area contributed by atoms with Crippen LogP contribution in [0.15, 0.2) is 18.2 Å². The van der Waals surface area contributed by atoms with Crippen molar-refractivity contribution in [2.24, 2.45) is 0 Å². The van der Waals surface area contributed by atoms with Gasteiger partial charge in [0.05, 0.1) is 5.69 Å². The molecule has 0 radical (unpaired) electrons. The third-order valence-electron chi connectivity index (χ3n) is 4.85. The summed E-state index contributed by atoms with van der Waals surface area (Å²) in [5.74, 6) is 0.926. The number of nitrogens with zero attached hydrogens (tertiary/aromatic N) is 3. The number of halogens is 1. The Labute approximate surface area is 149 Å². The van der Waals surface area contributed by atoms with Crippen LogP contribution < -0.4 is 4.74 Å². The first-order chi connectivity index (χ1) is 11.5. The van der Waals surface area contributed by atoms with Crippen LogP contribution in [-0.2, 0) is 19.6 Å². The van der Waals surface area contributed by atoms with E-state index in [2.05, 4.69) is 48.4 Å². The Balaban J connectivity index is 1.88. The Kier molecular flexibility index (Phi) is 5.16. The highest BCUT2D eigenvalue weighted by Gasteiger charge is 2.24. The van der Waals surface area contributed by atoms with Gasteiger partial charge in [-0.1, -0.05) is 24.6 Å². The van der Waals surface area contributed by atoms with Crippen molar-refractivity contribution >= 4 is 11.6 Å². The van der Waals surface area contributed by atoms with Crippen LogP contribution in [0.25, 0.3) is 0 Å². The van der Waals surface area contributed by atoms with E-state index >= 15 is 0 Å². The zero-order valence-electron chi connectivity index (χ0n) is 15.0. The number of hydrogen-bond acceptors (Lipinski definition) is 3. The molecule has 0 amide bonds. The van der Waals surface area contributed by atoms with Crippen LogP contribution in [0.3, 0.4) is 0 Å². The highest BCUT2D eigenvalue weighted by molar-refractivity contribution is 6.30. The number of ether oxygens (including phenoxy) is 1. The summed E-state index contributed by atoms with van der Waals surface area (Å²) in [6.45, 7) is 12.2. The van der Waals surface area contributed by atoms with Gasteiger partial charge in [-0.25, -0.2) is 0 Å². The van der Waals surface area contributed by atoms with E-state index < -0.39 is 0 Å². The van der Waals surface area contributed by atoms with Gasteiger partial charge in [0, 0.05) is 48.0 Å².